The third-order valence-corrected chi connectivity index (χ3v) is 8.12. The Morgan fingerprint density at radius 2 is 2.03 bits per heavy atom. The monoisotopic (exact) mass is 484 g/mol. The Morgan fingerprint density at radius 3 is 2.63 bits per heavy atom. The molecule has 2 amide bonds. The summed E-state index contributed by atoms with van der Waals surface area (Å²) >= 11 is 3.53. The van der Waals surface area contributed by atoms with Gasteiger partial charge >= 0.3 is 5.97 Å². The summed E-state index contributed by atoms with van der Waals surface area (Å²) in [5.74, 6) is -3.63. The highest BCUT2D eigenvalue weighted by atomic mass is 79.9. The standard InChI is InChI=1S/C21H29BrN2O6/c1-2-8-23(12-6-4-3-5-7-12)19(27)17-21-11-13(22)16(30-21)14(20(28)29)15(21)18(26)24(17)9-10-25/h2,12-17,25H,1,3-11H2,(H,28,29)/t13?,14-,15+,16-,17-,21+/m1/s1. The number of hydrogen-bond acceptors (Lipinski definition) is 5. The zero-order valence-corrected chi connectivity index (χ0v) is 18.5. The van der Waals surface area contributed by atoms with Crippen molar-refractivity contribution in [2.45, 2.75) is 67.1 Å². The molecule has 8 nitrogen and oxygen atoms in total. The quantitative estimate of drug-likeness (QED) is 0.414. The van der Waals surface area contributed by atoms with Crippen LogP contribution in [0.15, 0.2) is 12.7 Å². The summed E-state index contributed by atoms with van der Waals surface area (Å²) in [5, 5.41) is 19.4. The number of halogens is 1. The molecule has 0 radical (unpaired) electrons. The molecule has 6 atom stereocenters. The van der Waals surface area contributed by atoms with Crippen LogP contribution in [0.5, 0.6) is 0 Å². The molecule has 3 heterocycles. The number of aliphatic hydroxyl groups excluding tert-OH is 1. The molecule has 166 valence electrons. The maximum atomic E-state index is 13.9. The van der Waals surface area contributed by atoms with Crippen LogP contribution in [0.25, 0.3) is 0 Å². The van der Waals surface area contributed by atoms with Crippen molar-refractivity contribution in [3.8, 4) is 0 Å². The number of carboxylic acid groups (broad SMARTS) is 1. The van der Waals surface area contributed by atoms with Crippen LogP contribution in [0.2, 0.25) is 0 Å². The molecule has 4 aliphatic rings. The predicted octanol–water partition coefficient (Wildman–Crippen LogP) is 1.16. The lowest BCUT2D eigenvalue weighted by Gasteiger charge is -2.40. The van der Waals surface area contributed by atoms with Gasteiger partial charge in [0.15, 0.2) is 0 Å². The lowest BCUT2D eigenvalue weighted by molar-refractivity contribution is -0.152. The van der Waals surface area contributed by atoms with Gasteiger partial charge < -0.3 is 24.7 Å². The molecule has 1 aliphatic carbocycles. The number of carboxylic acids is 1. The van der Waals surface area contributed by atoms with E-state index in [1.807, 2.05) is 0 Å². The predicted molar refractivity (Wildman–Crippen MR) is 111 cm³/mol. The molecule has 2 bridgehead atoms. The van der Waals surface area contributed by atoms with Gasteiger partial charge in [-0.25, -0.2) is 0 Å². The van der Waals surface area contributed by atoms with Gasteiger partial charge in [-0.2, -0.15) is 0 Å². The average molecular weight is 485 g/mol. The van der Waals surface area contributed by atoms with Crippen LogP contribution in [0.4, 0.5) is 0 Å². The molecule has 9 heteroatoms. The van der Waals surface area contributed by atoms with Crippen molar-refractivity contribution in [3.63, 3.8) is 0 Å². The zero-order chi connectivity index (χ0) is 21.6. The van der Waals surface area contributed by atoms with Gasteiger partial charge in [0.1, 0.15) is 11.6 Å². The summed E-state index contributed by atoms with van der Waals surface area (Å²) in [4.78, 5) is 42.2. The molecule has 4 rings (SSSR count). The molecule has 30 heavy (non-hydrogen) atoms. The Balaban J connectivity index is 1.74. The minimum Gasteiger partial charge on any atom is -0.481 e. The van der Waals surface area contributed by atoms with Gasteiger partial charge in [0.05, 0.1) is 24.5 Å². The number of ether oxygens (including phenoxy) is 1. The number of aliphatic hydroxyl groups is 1. The number of rotatable bonds is 7. The van der Waals surface area contributed by atoms with Gasteiger partial charge in [-0.1, -0.05) is 41.3 Å². The smallest absolute Gasteiger partial charge is 0.310 e. The highest BCUT2D eigenvalue weighted by molar-refractivity contribution is 9.09. The zero-order valence-electron chi connectivity index (χ0n) is 16.9. The highest BCUT2D eigenvalue weighted by Crippen LogP contribution is 2.60. The molecule has 3 saturated heterocycles. The number of β-amino-alcohol motifs (C(OH)–C–C–N with tert-alkyl or cyclic N) is 1. The van der Waals surface area contributed by atoms with Crippen molar-refractivity contribution >= 4 is 33.7 Å². The van der Waals surface area contributed by atoms with Crippen LogP contribution in [-0.2, 0) is 19.1 Å². The first kappa shape index (κ1) is 21.8. The summed E-state index contributed by atoms with van der Waals surface area (Å²) < 4.78 is 6.22. The van der Waals surface area contributed by atoms with Crippen molar-refractivity contribution in [2.24, 2.45) is 11.8 Å². The Hall–Kier alpha value is -1.45. The normalized spacial score (nSPS) is 38.0. The molecule has 4 fully saturated rings. The lowest BCUT2D eigenvalue weighted by Crippen LogP contribution is -2.59. The van der Waals surface area contributed by atoms with E-state index in [0.717, 1.165) is 32.1 Å². The van der Waals surface area contributed by atoms with E-state index >= 15 is 0 Å². The molecule has 0 aromatic rings. The van der Waals surface area contributed by atoms with Crippen LogP contribution in [0, 0.1) is 11.8 Å². The van der Waals surface area contributed by atoms with Crippen LogP contribution in [-0.4, -0.2) is 86.1 Å². The van der Waals surface area contributed by atoms with E-state index in [0.29, 0.717) is 13.0 Å². The second-order valence-electron chi connectivity index (χ2n) is 8.83. The maximum Gasteiger partial charge on any atom is 0.310 e. The molecule has 1 spiro atoms. The number of aliphatic carboxylic acids is 1. The summed E-state index contributed by atoms with van der Waals surface area (Å²) in [6.07, 6.45) is 6.48. The number of nitrogens with zero attached hydrogens (tertiary/aromatic N) is 2. The van der Waals surface area contributed by atoms with Crippen molar-refractivity contribution in [3.05, 3.63) is 12.7 Å². The van der Waals surface area contributed by atoms with E-state index in [4.69, 9.17) is 4.74 Å². The van der Waals surface area contributed by atoms with Crippen molar-refractivity contribution in [1.29, 1.82) is 0 Å². The molecule has 3 aliphatic heterocycles. The van der Waals surface area contributed by atoms with Gasteiger partial charge in [-0.3, -0.25) is 14.4 Å². The van der Waals surface area contributed by atoms with E-state index in [-0.39, 0.29) is 29.9 Å². The van der Waals surface area contributed by atoms with Crippen LogP contribution in [0.3, 0.4) is 0 Å². The van der Waals surface area contributed by atoms with E-state index in [9.17, 15) is 24.6 Å². The van der Waals surface area contributed by atoms with E-state index in [1.165, 1.54) is 4.90 Å². The maximum absolute atomic E-state index is 13.9. The lowest BCUT2D eigenvalue weighted by atomic mass is 9.70. The number of likely N-dealkylation sites (tertiary alicyclic amines) is 1. The second-order valence-corrected chi connectivity index (χ2v) is 10.0. The number of carbonyl (C=O) groups is 3. The second kappa shape index (κ2) is 8.24. The van der Waals surface area contributed by atoms with Crippen molar-refractivity contribution in [1.82, 2.24) is 9.80 Å². The summed E-state index contributed by atoms with van der Waals surface area (Å²) in [6.45, 7) is 3.85. The Bertz CT molecular complexity index is 741. The molecule has 0 aromatic carbocycles. The number of alkyl halides is 1. The van der Waals surface area contributed by atoms with Gasteiger partial charge in [-0.05, 0) is 19.3 Å². The fourth-order valence-electron chi connectivity index (χ4n) is 6.15. The summed E-state index contributed by atoms with van der Waals surface area (Å²) in [7, 11) is 0. The van der Waals surface area contributed by atoms with Crippen molar-refractivity contribution < 1.29 is 29.3 Å². The minimum atomic E-state index is -1.18. The van der Waals surface area contributed by atoms with Crippen molar-refractivity contribution in [2.75, 3.05) is 19.7 Å². The van der Waals surface area contributed by atoms with E-state index in [1.54, 1.807) is 11.0 Å². The first-order valence-corrected chi connectivity index (χ1v) is 11.7. The minimum absolute atomic E-state index is 0.0204. The fourth-order valence-corrected chi connectivity index (χ4v) is 7.09. The Kier molecular flexibility index (Phi) is 5.98. The van der Waals surface area contributed by atoms with E-state index in [2.05, 4.69) is 22.5 Å². The molecule has 1 unspecified atom stereocenters. The van der Waals surface area contributed by atoms with Crippen LogP contribution >= 0.6 is 15.9 Å². The molecule has 1 saturated carbocycles. The van der Waals surface area contributed by atoms with Crippen LogP contribution < -0.4 is 0 Å². The summed E-state index contributed by atoms with van der Waals surface area (Å²) in [5.41, 5.74) is -1.18. The van der Waals surface area contributed by atoms with Gasteiger partial charge in [0.25, 0.3) is 0 Å². The molecular weight excluding hydrogens is 456 g/mol. The number of fused-ring (bicyclic) bond motifs is 1. The van der Waals surface area contributed by atoms with Gasteiger partial charge in [0, 0.05) is 24.0 Å². The number of hydrogen-bond donors (Lipinski definition) is 2. The largest absolute Gasteiger partial charge is 0.481 e. The Morgan fingerprint density at radius 1 is 1.33 bits per heavy atom. The SMILES string of the molecule is C=CCN(C(=O)[C@H]1N(CCO)C(=O)[C@@H]2[C@@H](C(=O)O)[C@@H]3O[C@@]21CC3Br)C1CCCCC1. The molecule has 0 aromatic heterocycles. The average Bonchev–Trinajstić information content (AvgIpc) is 3.31. The van der Waals surface area contributed by atoms with Crippen LogP contribution in [0.1, 0.15) is 38.5 Å². The Labute approximate surface area is 184 Å². The fraction of sp³-hybridized carbons (Fsp3) is 0.762. The third-order valence-electron chi connectivity index (χ3n) is 7.27. The highest BCUT2D eigenvalue weighted by Gasteiger charge is 2.76. The van der Waals surface area contributed by atoms with Gasteiger partial charge in [0.2, 0.25) is 11.8 Å². The van der Waals surface area contributed by atoms with E-state index < -0.39 is 41.5 Å². The topological polar surface area (TPSA) is 107 Å². The number of amides is 2. The molecular formula is C21H29BrN2O6. The third kappa shape index (κ3) is 3.12. The number of carbonyl (C=O) groups excluding carboxylic acids is 2. The first-order valence-electron chi connectivity index (χ1n) is 10.7. The van der Waals surface area contributed by atoms with Gasteiger partial charge in [-0.15, -0.1) is 6.58 Å². The summed E-state index contributed by atoms with van der Waals surface area (Å²) in [6, 6.07) is -0.863. The molecule has 2 N–H and O–H groups in total. The first-order chi connectivity index (χ1) is 14.4.